The molecule has 2 nitrogen and oxygen atoms in total. The van der Waals surface area contributed by atoms with Crippen LogP contribution in [0.15, 0.2) is 0 Å². The second-order valence-electron chi connectivity index (χ2n) is 3.48. The second-order valence-corrected chi connectivity index (χ2v) is 5.94. The monoisotopic (exact) mass is 410 g/mol. The highest BCUT2D eigenvalue weighted by molar-refractivity contribution is 14.1. The van der Waals surface area contributed by atoms with E-state index in [9.17, 15) is 0 Å². The van der Waals surface area contributed by atoms with E-state index < -0.39 is 0 Å². The third-order valence-electron chi connectivity index (χ3n) is 1.37. The van der Waals surface area contributed by atoms with Crippen LogP contribution in [0.4, 0.5) is 0 Å². The molecule has 68 valence electrons. The van der Waals surface area contributed by atoms with Gasteiger partial charge in [0.25, 0.3) is 0 Å². The molecular formula is C7H9ClI2N2. The standard InChI is InChI=1S/C7H9ClI2N2/c1-7(2,3)12-5(8)4(9)6(10)11-12/h1-3H3. The van der Waals surface area contributed by atoms with Gasteiger partial charge in [-0.3, -0.25) is 0 Å². The Hall–Kier alpha value is 0.960. The average Bonchev–Trinajstić information content (AvgIpc) is 2.15. The Kier molecular flexibility index (Phi) is 3.32. The molecule has 5 heteroatoms. The Bertz CT molecular complexity index is 301. The third kappa shape index (κ3) is 2.06. The molecule has 0 aliphatic carbocycles. The number of aromatic nitrogens is 2. The number of rotatable bonds is 0. The highest BCUT2D eigenvalue weighted by atomic mass is 127. The lowest BCUT2D eigenvalue weighted by molar-refractivity contribution is 0.354. The molecule has 0 atom stereocenters. The molecule has 0 saturated heterocycles. The minimum atomic E-state index is -0.0412. The molecule has 1 heterocycles. The summed E-state index contributed by atoms with van der Waals surface area (Å²) in [6.45, 7) is 6.24. The first-order valence-electron chi connectivity index (χ1n) is 3.44. The summed E-state index contributed by atoms with van der Waals surface area (Å²) in [5, 5.41) is 5.07. The summed E-state index contributed by atoms with van der Waals surface area (Å²) in [4.78, 5) is 0. The molecule has 0 aliphatic heterocycles. The summed E-state index contributed by atoms with van der Waals surface area (Å²) in [6.07, 6.45) is 0. The van der Waals surface area contributed by atoms with Gasteiger partial charge in [-0.1, -0.05) is 11.6 Å². The Morgan fingerprint density at radius 2 is 1.83 bits per heavy atom. The van der Waals surface area contributed by atoms with Gasteiger partial charge in [0.2, 0.25) is 0 Å². The molecule has 1 rings (SSSR count). The van der Waals surface area contributed by atoms with E-state index in [1.807, 2.05) is 4.68 Å². The molecule has 0 saturated carbocycles. The van der Waals surface area contributed by atoms with Gasteiger partial charge < -0.3 is 0 Å². The van der Waals surface area contributed by atoms with Gasteiger partial charge in [-0.05, 0) is 66.0 Å². The van der Waals surface area contributed by atoms with Crippen LogP contribution in [0.25, 0.3) is 0 Å². The predicted molar refractivity (Wildman–Crippen MR) is 67.7 cm³/mol. The fourth-order valence-electron chi connectivity index (χ4n) is 0.798. The smallest absolute Gasteiger partial charge is 0.142 e. The van der Waals surface area contributed by atoms with E-state index in [0.29, 0.717) is 0 Å². The third-order valence-corrected chi connectivity index (χ3v) is 4.85. The summed E-state index contributed by atoms with van der Waals surface area (Å²) < 4.78 is 3.84. The van der Waals surface area contributed by atoms with Gasteiger partial charge in [-0.15, -0.1) is 0 Å². The topological polar surface area (TPSA) is 17.8 Å². The SMILES string of the molecule is CC(C)(C)n1nc(I)c(I)c1Cl. The zero-order valence-corrected chi connectivity index (χ0v) is 12.1. The molecule has 0 fully saturated rings. The molecule has 0 aromatic carbocycles. The second kappa shape index (κ2) is 3.61. The van der Waals surface area contributed by atoms with Crippen molar-refractivity contribution in [2.24, 2.45) is 0 Å². The molecule has 0 amide bonds. The van der Waals surface area contributed by atoms with Crippen molar-refractivity contribution < 1.29 is 0 Å². The molecule has 1 aromatic rings. The Morgan fingerprint density at radius 1 is 1.33 bits per heavy atom. The van der Waals surface area contributed by atoms with Gasteiger partial charge in [-0.2, -0.15) is 5.10 Å². The van der Waals surface area contributed by atoms with Gasteiger partial charge >= 0.3 is 0 Å². The lowest BCUT2D eigenvalue weighted by Gasteiger charge is -2.19. The van der Waals surface area contributed by atoms with Crippen LogP contribution in [0.2, 0.25) is 5.15 Å². The molecule has 0 radical (unpaired) electrons. The summed E-state index contributed by atoms with van der Waals surface area (Å²) in [7, 11) is 0. The number of halogens is 3. The van der Waals surface area contributed by atoms with Crippen LogP contribution in [0.1, 0.15) is 20.8 Å². The first kappa shape index (κ1) is 11.0. The zero-order valence-electron chi connectivity index (χ0n) is 7.03. The summed E-state index contributed by atoms with van der Waals surface area (Å²) in [5.41, 5.74) is -0.0412. The average molecular weight is 410 g/mol. The molecule has 1 aromatic heterocycles. The molecule has 0 unspecified atom stereocenters. The van der Waals surface area contributed by atoms with Crippen LogP contribution in [0, 0.1) is 7.27 Å². The van der Waals surface area contributed by atoms with Gasteiger partial charge in [0, 0.05) is 0 Å². The van der Waals surface area contributed by atoms with Gasteiger partial charge in [0.05, 0.1) is 9.11 Å². The maximum Gasteiger partial charge on any atom is 0.142 e. The van der Waals surface area contributed by atoms with Crippen molar-refractivity contribution >= 4 is 56.8 Å². The van der Waals surface area contributed by atoms with Crippen LogP contribution in [0.5, 0.6) is 0 Å². The quantitative estimate of drug-likeness (QED) is 0.599. The fourth-order valence-corrected chi connectivity index (χ4v) is 2.15. The number of nitrogens with zero attached hydrogens (tertiary/aromatic N) is 2. The van der Waals surface area contributed by atoms with E-state index in [-0.39, 0.29) is 5.54 Å². The van der Waals surface area contributed by atoms with Crippen LogP contribution >= 0.6 is 56.8 Å². The highest BCUT2D eigenvalue weighted by Crippen LogP contribution is 2.28. The molecule has 0 bridgehead atoms. The lowest BCUT2D eigenvalue weighted by atomic mass is 10.1. The van der Waals surface area contributed by atoms with E-state index in [1.54, 1.807) is 0 Å². The summed E-state index contributed by atoms with van der Waals surface area (Å²) >= 11 is 10.5. The molecular weight excluding hydrogens is 401 g/mol. The number of hydrogen-bond donors (Lipinski definition) is 0. The van der Waals surface area contributed by atoms with Gasteiger partial charge in [0.15, 0.2) is 0 Å². The number of hydrogen-bond acceptors (Lipinski definition) is 1. The lowest BCUT2D eigenvalue weighted by Crippen LogP contribution is -2.23. The van der Waals surface area contributed by atoms with Crippen LogP contribution in [-0.4, -0.2) is 9.78 Å². The minimum absolute atomic E-state index is 0.0412. The molecule has 12 heavy (non-hydrogen) atoms. The Labute approximate surface area is 104 Å². The maximum atomic E-state index is 6.09. The van der Waals surface area contributed by atoms with E-state index in [0.717, 1.165) is 12.4 Å². The van der Waals surface area contributed by atoms with Crippen LogP contribution < -0.4 is 0 Å². The van der Waals surface area contributed by atoms with E-state index in [4.69, 9.17) is 11.6 Å². The first-order chi connectivity index (χ1) is 5.34. The van der Waals surface area contributed by atoms with Crippen molar-refractivity contribution in [3.8, 4) is 0 Å². The summed E-state index contributed by atoms with van der Waals surface area (Å²) in [6, 6.07) is 0. The largest absolute Gasteiger partial charge is 0.247 e. The Balaban J connectivity index is 3.28. The van der Waals surface area contributed by atoms with Crippen molar-refractivity contribution in [2.45, 2.75) is 26.3 Å². The van der Waals surface area contributed by atoms with E-state index >= 15 is 0 Å². The van der Waals surface area contributed by atoms with Crippen LogP contribution in [0.3, 0.4) is 0 Å². The van der Waals surface area contributed by atoms with Gasteiger partial charge in [-0.25, -0.2) is 4.68 Å². The Morgan fingerprint density at radius 3 is 2.00 bits per heavy atom. The minimum Gasteiger partial charge on any atom is -0.247 e. The summed E-state index contributed by atoms with van der Waals surface area (Å²) in [5.74, 6) is 0. The predicted octanol–water partition coefficient (Wildman–Crippen LogP) is 3.50. The van der Waals surface area contributed by atoms with Crippen LogP contribution in [-0.2, 0) is 5.54 Å². The highest BCUT2D eigenvalue weighted by Gasteiger charge is 2.21. The molecule has 0 N–H and O–H groups in total. The normalized spacial score (nSPS) is 12.2. The fraction of sp³-hybridized carbons (Fsp3) is 0.571. The molecule has 0 aliphatic rings. The van der Waals surface area contributed by atoms with Gasteiger partial charge in [0.1, 0.15) is 8.85 Å². The van der Waals surface area contributed by atoms with E-state index in [1.165, 1.54) is 0 Å². The van der Waals surface area contributed by atoms with Crippen molar-refractivity contribution in [3.05, 3.63) is 12.4 Å². The van der Waals surface area contributed by atoms with Crippen molar-refractivity contribution in [1.82, 2.24) is 9.78 Å². The van der Waals surface area contributed by atoms with Crippen molar-refractivity contribution in [3.63, 3.8) is 0 Å². The first-order valence-corrected chi connectivity index (χ1v) is 5.97. The van der Waals surface area contributed by atoms with E-state index in [2.05, 4.69) is 71.1 Å². The van der Waals surface area contributed by atoms with Crippen molar-refractivity contribution in [2.75, 3.05) is 0 Å². The zero-order chi connectivity index (χ0) is 9.52. The maximum absolute atomic E-state index is 6.09. The van der Waals surface area contributed by atoms with Crippen molar-refractivity contribution in [1.29, 1.82) is 0 Å². The molecule has 0 spiro atoms.